The number of carbonyl (C=O) groups excluding carboxylic acids is 2. The fourth-order valence-corrected chi connectivity index (χ4v) is 4.62. The highest BCUT2D eigenvalue weighted by Gasteiger charge is 2.29. The number of carbonyl (C=O) groups is 2. The molecule has 1 fully saturated rings. The van der Waals surface area contributed by atoms with E-state index in [1.54, 1.807) is 23.7 Å². The van der Waals surface area contributed by atoms with E-state index >= 15 is 0 Å². The van der Waals surface area contributed by atoms with Crippen LogP contribution in [0.1, 0.15) is 59.1 Å². The van der Waals surface area contributed by atoms with Gasteiger partial charge in [0, 0.05) is 35.3 Å². The molecule has 5 N–H and O–H groups in total. The van der Waals surface area contributed by atoms with E-state index in [4.69, 9.17) is 5.73 Å². The number of nitrogens with two attached hydrogens (primary N) is 1. The van der Waals surface area contributed by atoms with Crippen molar-refractivity contribution in [3.8, 4) is 11.3 Å². The zero-order chi connectivity index (χ0) is 24.9. The zero-order valence-electron chi connectivity index (χ0n) is 19.0. The van der Waals surface area contributed by atoms with Gasteiger partial charge in [-0.1, -0.05) is 13.8 Å². The highest BCUT2D eigenvalue weighted by Crippen LogP contribution is 2.40. The van der Waals surface area contributed by atoms with Gasteiger partial charge in [0.1, 0.15) is 5.69 Å². The second-order valence-corrected chi connectivity index (χ2v) is 9.85. The van der Waals surface area contributed by atoms with Crippen molar-refractivity contribution < 1.29 is 9.59 Å². The average Bonchev–Trinajstić information content (AvgIpc) is 3.34. The van der Waals surface area contributed by atoms with Gasteiger partial charge in [-0.15, -0.1) is 11.3 Å². The molecule has 0 atom stereocenters. The Morgan fingerprint density at radius 2 is 2.03 bits per heavy atom. The van der Waals surface area contributed by atoms with Crippen LogP contribution in [0.4, 0.5) is 5.13 Å². The van der Waals surface area contributed by atoms with Crippen LogP contribution in [0.15, 0.2) is 33.3 Å². The Kier molecular flexibility index (Phi) is 5.59. The van der Waals surface area contributed by atoms with Crippen molar-refractivity contribution in [1.82, 2.24) is 24.5 Å². The molecule has 0 aromatic carbocycles. The lowest BCUT2D eigenvalue weighted by atomic mass is 10.1. The third-order valence-electron chi connectivity index (χ3n) is 5.73. The molecule has 0 spiro atoms. The molecule has 0 saturated heterocycles. The van der Waals surface area contributed by atoms with E-state index in [2.05, 4.69) is 25.3 Å². The molecule has 180 valence electrons. The zero-order valence-corrected chi connectivity index (χ0v) is 19.9. The Labute approximate surface area is 202 Å². The maximum atomic E-state index is 13.4. The number of hydrogen-bond acceptors (Lipinski definition) is 7. The number of pyridine rings is 1. The molecule has 1 aliphatic carbocycles. The summed E-state index contributed by atoms with van der Waals surface area (Å²) in [7, 11) is 0. The van der Waals surface area contributed by atoms with E-state index in [0.29, 0.717) is 28.6 Å². The normalized spacial score (nSPS) is 13.5. The van der Waals surface area contributed by atoms with Crippen LogP contribution in [0, 0.1) is 5.92 Å². The van der Waals surface area contributed by atoms with E-state index in [-0.39, 0.29) is 34.1 Å². The monoisotopic (exact) mass is 493 g/mol. The SMILES string of the molecule is CC(C)Cn1c(=O)[nH]c(=O)c2c(C(=O)Nc3nc(-c4c[nH]c(C(N)=O)c4)cs3)cc(C3CC3)nc21. The summed E-state index contributed by atoms with van der Waals surface area (Å²) in [6.07, 6.45) is 3.49. The Morgan fingerprint density at radius 1 is 1.26 bits per heavy atom. The number of anilines is 1. The van der Waals surface area contributed by atoms with Crippen molar-refractivity contribution in [2.24, 2.45) is 11.7 Å². The summed E-state index contributed by atoms with van der Waals surface area (Å²) in [5, 5.41) is 4.88. The summed E-state index contributed by atoms with van der Waals surface area (Å²) in [6.45, 7) is 4.27. The molecule has 4 aromatic rings. The molecule has 0 unspecified atom stereocenters. The largest absolute Gasteiger partial charge is 0.364 e. The lowest BCUT2D eigenvalue weighted by Crippen LogP contribution is -2.33. The van der Waals surface area contributed by atoms with Gasteiger partial charge in [-0.3, -0.25) is 29.3 Å². The molecule has 1 saturated carbocycles. The molecule has 4 heterocycles. The average molecular weight is 494 g/mol. The first-order valence-electron chi connectivity index (χ1n) is 11.1. The van der Waals surface area contributed by atoms with Gasteiger partial charge in [-0.25, -0.2) is 14.8 Å². The molecule has 5 rings (SSSR count). The van der Waals surface area contributed by atoms with Crippen LogP contribution < -0.4 is 22.3 Å². The van der Waals surface area contributed by atoms with Crippen molar-refractivity contribution in [3.63, 3.8) is 0 Å². The molecular weight excluding hydrogens is 470 g/mol. The lowest BCUT2D eigenvalue weighted by Gasteiger charge is -2.14. The fraction of sp³-hybridized carbons (Fsp3) is 0.304. The molecule has 4 aromatic heterocycles. The summed E-state index contributed by atoms with van der Waals surface area (Å²) in [5.74, 6) is -0.778. The minimum absolute atomic E-state index is 0.0701. The van der Waals surface area contributed by atoms with Crippen molar-refractivity contribution in [3.05, 3.63) is 61.5 Å². The van der Waals surface area contributed by atoms with Gasteiger partial charge >= 0.3 is 5.69 Å². The number of amides is 2. The first-order chi connectivity index (χ1) is 16.7. The van der Waals surface area contributed by atoms with Crippen molar-refractivity contribution in [2.45, 2.75) is 39.2 Å². The van der Waals surface area contributed by atoms with Gasteiger partial charge in [0.2, 0.25) is 0 Å². The van der Waals surface area contributed by atoms with Gasteiger partial charge in [0.25, 0.3) is 17.4 Å². The number of aromatic nitrogens is 5. The second kappa shape index (κ2) is 8.62. The fourth-order valence-electron chi connectivity index (χ4n) is 3.91. The Balaban J connectivity index is 1.54. The van der Waals surface area contributed by atoms with E-state index in [9.17, 15) is 19.2 Å². The van der Waals surface area contributed by atoms with Crippen molar-refractivity contribution >= 4 is 39.3 Å². The molecule has 2 amide bonds. The lowest BCUT2D eigenvalue weighted by molar-refractivity contribution is 0.0994. The minimum Gasteiger partial charge on any atom is -0.364 e. The molecule has 0 radical (unpaired) electrons. The number of nitrogens with one attached hydrogen (secondary N) is 3. The van der Waals surface area contributed by atoms with Crippen LogP contribution in [0.2, 0.25) is 0 Å². The predicted octanol–water partition coefficient (Wildman–Crippen LogP) is 2.42. The standard InChI is InChI=1S/C23H23N7O4S/c1-10(2)8-30-19-17(21(33)29-23(30)34)13(6-14(26-19)11-3-4-11)20(32)28-22-27-16(9-35-22)12-5-15(18(24)31)25-7-12/h5-7,9-11,25H,3-4,8H2,1-2H3,(H2,24,31)(H,27,28,32)(H,29,33,34). The van der Waals surface area contributed by atoms with Crippen LogP contribution in [-0.2, 0) is 6.54 Å². The van der Waals surface area contributed by atoms with Crippen LogP contribution in [0.5, 0.6) is 0 Å². The molecule has 11 nitrogen and oxygen atoms in total. The molecule has 1 aliphatic rings. The third kappa shape index (κ3) is 4.39. The molecular formula is C23H23N7O4S. The third-order valence-corrected chi connectivity index (χ3v) is 6.48. The summed E-state index contributed by atoms with van der Waals surface area (Å²) in [4.78, 5) is 64.2. The van der Waals surface area contributed by atoms with Crippen LogP contribution in [0.25, 0.3) is 22.3 Å². The maximum Gasteiger partial charge on any atom is 0.330 e. The molecule has 0 aliphatic heterocycles. The number of aromatic amines is 2. The minimum atomic E-state index is -0.656. The van der Waals surface area contributed by atoms with E-state index in [0.717, 1.165) is 12.8 Å². The maximum absolute atomic E-state index is 13.4. The number of rotatable bonds is 7. The van der Waals surface area contributed by atoms with Crippen LogP contribution in [-0.4, -0.2) is 36.3 Å². The van der Waals surface area contributed by atoms with E-state index < -0.39 is 23.1 Å². The van der Waals surface area contributed by atoms with E-state index in [1.165, 1.54) is 15.9 Å². The van der Waals surface area contributed by atoms with E-state index in [1.807, 2.05) is 13.8 Å². The number of fused-ring (bicyclic) bond motifs is 1. The van der Waals surface area contributed by atoms with Gasteiger partial charge in [-0.2, -0.15) is 0 Å². The quantitative estimate of drug-likeness (QED) is 0.308. The number of hydrogen-bond donors (Lipinski definition) is 4. The number of H-pyrrole nitrogens is 2. The van der Waals surface area contributed by atoms with Crippen molar-refractivity contribution in [1.29, 1.82) is 0 Å². The summed E-state index contributed by atoms with van der Waals surface area (Å²) < 4.78 is 1.42. The number of thiazole rings is 1. The van der Waals surface area contributed by atoms with Crippen molar-refractivity contribution in [2.75, 3.05) is 5.32 Å². The molecule has 12 heteroatoms. The van der Waals surface area contributed by atoms with Crippen LogP contribution >= 0.6 is 11.3 Å². The first kappa shape index (κ1) is 22.7. The number of nitrogens with zero attached hydrogens (tertiary/aromatic N) is 3. The Bertz CT molecular complexity index is 1590. The molecule has 0 bridgehead atoms. The van der Waals surface area contributed by atoms with Crippen LogP contribution in [0.3, 0.4) is 0 Å². The first-order valence-corrected chi connectivity index (χ1v) is 12.0. The summed E-state index contributed by atoms with van der Waals surface area (Å²) >= 11 is 1.20. The van der Waals surface area contributed by atoms with Gasteiger partial charge in [0.15, 0.2) is 10.8 Å². The summed E-state index contributed by atoms with van der Waals surface area (Å²) in [5.41, 5.74) is 6.58. The summed E-state index contributed by atoms with van der Waals surface area (Å²) in [6, 6.07) is 3.21. The number of primary amides is 1. The highest BCUT2D eigenvalue weighted by atomic mass is 32.1. The highest BCUT2D eigenvalue weighted by molar-refractivity contribution is 7.14. The molecule has 35 heavy (non-hydrogen) atoms. The van der Waals surface area contributed by atoms with Gasteiger partial charge < -0.3 is 10.7 Å². The van der Waals surface area contributed by atoms with Gasteiger partial charge in [0.05, 0.1) is 16.6 Å². The predicted molar refractivity (Wildman–Crippen MR) is 132 cm³/mol. The van der Waals surface area contributed by atoms with Gasteiger partial charge in [-0.05, 0) is 30.9 Å². The topological polar surface area (TPSA) is 169 Å². The Morgan fingerprint density at radius 3 is 2.69 bits per heavy atom. The second-order valence-electron chi connectivity index (χ2n) is 8.99. The Hall–Kier alpha value is -4.06. The smallest absolute Gasteiger partial charge is 0.330 e.